The van der Waals surface area contributed by atoms with Crippen LogP contribution < -0.4 is 14.3 Å². The molecule has 1 aromatic heterocycles. The van der Waals surface area contributed by atoms with Crippen molar-refractivity contribution in [1.29, 1.82) is 0 Å². The fourth-order valence-corrected chi connectivity index (χ4v) is 4.06. The van der Waals surface area contributed by atoms with Crippen molar-refractivity contribution in [1.82, 2.24) is 0 Å². The topological polar surface area (TPSA) is 82.8 Å². The predicted molar refractivity (Wildman–Crippen MR) is 118 cm³/mol. The van der Waals surface area contributed by atoms with E-state index in [1.54, 1.807) is 60.7 Å². The fraction of sp³-hybridized carbons (Fsp3) is 0.125. The molecular formula is C24H20O6S. The van der Waals surface area contributed by atoms with Gasteiger partial charge in [-0.15, -0.1) is 0 Å². The summed E-state index contributed by atoms with van der Waals surface area (Å²) < 4.78 is 42.5. The van der Waals surface area contributed by atoms with Gasteiger partial charge in [-0.1, -0.05) is 29.8 Å². The molecule has 0 atom stereocenters. The van der Waals surface area contributed by atoms with Crippen molar-refractivity contribution in [2.75, 3.05) is 6.61 Å². The van der Waals surface area contributed by atoms with E-state index in [1.807, 2.05) is 13.8 Å². The molecule has 7 heteroatoms. The maximum atomic E-state index is 13.2. The Balaban J connectivity index is 1.88. The van der Waals surface area contributed by atoms with Crippen LogP contribution in [0.5, 0.6) is 11.5 Å². The molecule has 0 saturated heterocycles. The van der Waals surface area contributed by atoms with E-state index in [4.69, 9.17) is 13.3 Å². The zero-order valence-electron chi connectivity index (χ0n) is 17.0. The molecule has 0 aliphatic carbocycles. The lowest BCUT2D eigenvalue weighted by Gasteiger charge is -2.12. The van der Waals surface area contributed by atoms with Crippen LogP contribution in [-0.2, 0) is 10.1 Å². The second kappa shape index (κ2) is 8.28. The third-order valence-electron chi connectivity index (χ3n) is 4.69. The molecule has 0 amide bonds. The molecule has 0 saturated carbocycles. The molecule has 6 nitrogen and oxygen atoms in total. The standard InChI is InChI=1S/C24H20O6S/c1-3-28-18-12-10-17(11-13-18)23-24(22(25)20-6-4-5-7-21(20)29-23)30-31(26,27)19-14-8-16(2)9-15-19/h4-15H,3H2,1-2H3. The van der Waals surface area contributed by atoms with Crippen molar-refractivity contribution in [3.63, 3.8) is 0 Å². The van der Waals surface area contributed by atoms with E-state index < -0.39 is 15.5 Å². The van der Waals surface area contributed by atoms with E-state index in [1.165, 1.54) is 12.1 Å². The van der Waals surface area contributed by atoms with Crippen LogP contribution in [0, 0.1) is 6.92 Å². The van der Waals surface area contributed by atoms with Gasteiger partial charge in [0.15, 0.2) is 5.76 Å². The zero-order chi connectivity index (χ0) is 22.0. The van der Waals surface area contributed by atoms with E-state index in [2.05, 4.69) is 0 Å². The van der Waals surface area contributed by atoms with Crippen LogP contribution in [0.1, 0.15) is 12.5 Å². The van der Waals surface area contributed by atoms with Gasteiger partial charge in [0.1, 0.15) is 16.2 Å². The maximum absolute atomic E-state index is 13.2. The Morgan fingerprint density at radius 1 is 0.903 bits per heavy atom. The number of hydrogen-bond acceptors (Lipinski definition) is 6. The lowest BCUT2D eigenvalue weighted by molar-refractivity contribution is 0.340. The quantitative estimate of drug-likeness (QED) is 0.398. The first-order valence-corrected chi connectivity index (χ1v) is 11.1. The van der Waals surface area contributed by atoms with Gasteiger partial charge in [0.25, 0.3) is 0 Å². The number of aryl methyl sites for hydroxylation is 1. The monoisotopic (exact) mass is 436 g/mol. The molecule has 3 aromatic carbocycles. The summed E-state index contributed by atoms with van der Waals surface area (Å²) in [5.41, 5.74) is 1.15. The second-order valence-electron chi connectivity index (χ2n) is 6.89. The highest BCUT2D eigenvalue weighted by Crippen LogP contribution is 2.33. The molecule has 0 N–H and O–H groups in total. The molecule has 1 heterocycles. The SMILES string of the molecule is CCOc1ccc(-c2oc3ccccc3c(=O)c2OS(=O)(=O)c2ccc(C)cc2)cc1. The largest absolute Gasteiger partial charge is 0.494 e. The lowest BCUT2D eigenvalue weighted by Crippen LogP contribution is -2.17. The maximum Gasteiger partial charge on any atom is 0.339 e. The highest BCUT2D eigenvalue weighted by Gasteiger charge is 2.25. The molecule has 0 radical (unpaired) electrons. The molecule has 158 valence electrons. The van der Waals surface area contributed by atoms with Crippen molar-refractivity contribution in [3.8, 4) is 22.8 Å². The minimum absolute atomic E-state index is 0.0300. The Morgan fingerprint density at radius 3 is 2.26 bits per heavy atom. The molecule has 0 aliphatic heterocycles. The first kappa shape index (κ1) is 20.7. The van der Waals surface area contributed by atoms with Gasteiger partial charge in [-0.2, -0.15) is 8.42 Å². The van der Waals surface area contributed by atoms with Gasteiger partial charge in [-0.05, 0) is 62.4 Å². The van der Waals surface area contributed by atoms with Gasteiger partial charge in [-0.3, -0.25) is 4.79 Å². The van der Waals surface area contributed by atoms with Gasteiger partial charge in [0.2, 0.25) is 11.2 Å². The Labute approximate surface area is 179 Å². The van der Waals surface area contributed by atoms with Crippen molar-refractivity contribution >= 4 is 21.1 Å². The summed E-state index contributed by atoms with van der Waals surface area (Å²) in [5, 5.41) is 0.228. The van der Waals surface area contributed by atoms with Crippen LogP contribution >= 0.6 is 0 Å². The molecular weight excluding hydrogens is 416 g/mol. The van der Waals surface area contributed by atoms with E-state index in [0.29, 0.717) is 23.5 Å². The summed E-state index contributed by atoms with van der Waals surface area (Å²) >= 11 is 0. The molecule has 0 aliphatic rings. The summed E-state index contributed by atoms with van der Waals surface area (Å²) in [5.74, 6) is 0.287. The van der Waals surface area contributed by atoms with E-state index in [-0.39, 0.29) is 21.8 Å². The van der Waals surface area contributed by atoms with Crippen LogP contribution in [0.25, 0.3) is 22.3 Å². The number of hydrogen-bond donors (Lipinski definition) is 0. The average molecular weight is 436 g/mol. The molecule has 31 heavy (non-hydrogen) atoms. The molecule has 4 rings (SSSR count). The Morgan fingerprint density at radius 2 is 1.58 bits per heavy atom. The summed E-state index contributed by atoms with van der Waals surface area (Å²) in [6.45, 7) is 4.23. The van der Waals surface area contributed by atoms with Crippen LogP contribution in [0.2, 0.25) is 0 Å². The second-order valence-corrected chi connectivity index (χ2v) is 8.44. The number of fused-ring (bicyclic) bond motifs is 1. The van der Waals surface area contributed by atoms with Gasteiger partial charge in [-0.25, -0.2) is 0 Å². The highest BCUT2D eigenvalue weighted by atomic mass is 32.2. The minimum Gasteiger partial charge on any atom is -0.494 e. The van der Waals surface area contributed by atoms with E-state index in [0.717, 1.165) is 5.56 Å². The fourth-order valence-electron chi connectivity index (χ4n) is 3.12. The van der Waals surface area contributed by atoms with Crippen molar-refractivity contribution < 1.29 is 21.8 Å². The molecule has 0 bridgehead atoms. The number of benzene rings is 3. The van der Waals surface area contributed by atoms with Gasteiger partial charge in [0.05, 0.1) is 12.0 Å². The summed E-state index contributed by atoms with van der Waals surface area (Å²) in [7, 11) is -4.25. The Bertz CT molecular complexity index is 1390. The predicted octanol–water partition coefficient (Wildman–Crippen LogP) is 4.93. The van der Waals surface area contributed by atoms with Crippen LogP contribution in [-0.4, -0.2) is 15.0 Å². The smallest absolute Gasteiger partial charge is 0.339 e. The third kappa shape index (κ3) is 4.18. The average Bonchev–Trinajstić information content (AvgIpc) is 2.77. The first-order chi connectivity index (χ1) is 14.9. The lowest BCUT2D eigenvalue weighted by atomic mass is 10.1. The van der Waals surface area contributed by atoms with Crippen LogP contribution in [0.3, 0.4) is 0 Å². The van der Waals surface area contributed by atoms with Crippen molar-refractivity contribution in [2.45, 2.75) is 18.7 Å². The highest BCUT2D eigenvalue weighted by molar-refractivity contribution is 7.87. The van der Waals surface area contributed by atoms with Crippen LogP contribution in [0.4, 0.5) is 0 Å². The number of ether oxygens (including phenoxy) is 1. The Hall–Kier alpha value is -3.58. The molecule has 0 spiro atoms. The van der Waals surface area contributed by atoms with Gasteiger partial charge >= 0.3 is 10.1 Å². The zero-order valence-corrected chi connectivity index (χ0v) is 17.8. The number of rotatable bonds is 6. The normalized spacial score (nSPS) is 11.4. The van der Waals surface area contributed by atoms with Gasteiger partial charge in [0, 0.05) is 5.56 Å². The van der Waals surface area contributed by atoms with Gasteiger partial charge < -0.3 is 13.3 Å². The molecule has 0 unspecified atom stereocenters. The Kier molecular flexibility index (Phi) is 5.52. The number of para-hydroxylation sites is 1. The first-order valence-electron chi connectivity index (χ1n) is 9.69. The minimum atomic E-state index is -4.25. The van der Waals surface area contributed by atoms with E-state index in [9.17, 15) is 13.2 Å². The molecule has 4 aromatic rings. The van der Waals surface area contributed by atoms with Crippen molar-refractivity contribution in [3.05, 3.63) is 88.6 Å². The summed E-state index contributed by atoms with van der Waals surface area (Å²) in [4.78, 5) is 13.1. The van der Waals surface area contributed by atoms with Crippen LogP contribution in [0.15, 0.2) is 86.9 Å². The van der Waals surface area contributed by atoms with Crippen molar-refractivity contribution in [2.24, 2.45) is 0 Å². The molecule has 0 fully saturated rings. The summed E-state index contributed by atoms with van der Waals surface area (Å²) in [6.07, 6.45) is 0. The van der Waals surface area contributed by atoms with E-state index >= 15 is 0 Å². The summed E-state index contributed by atoms with van der Waals surface area (Å²) in [6, 6.07) is 19.6. The third-order valence-corrected chi connectivity index (χ3v) is 5.92.